The van der Waals surface area contributed by atoms with Crippen molar-refractivity contribution in [2.75, 3.05) is 0 Å². The van der Waals surface area contributed by atoms with E-state index in [4.69, 9.17) is 4.74 Å². The minimum absolute atomic E-state index is 0.0609. The minimum Gasteiger partial charge on any atom is -0.458 e. The first-order valence-corrected chi connectivity index (χ1v) is 6.51. The number of rotatable bonds is 5. The zero-order valence-electron chi connectivity index (χ0n) is 9.92. The van der Waals surface area contributed by atoms with Crippen molar-refractivity contribution in [2.24, 2.45) is 5.92 Å². The van der Waals surface area contributed by atoms with Crippen LogP contribution in [-0.2, 0) is 16.1 Å². The lowest BCUT2D eigenvalue weighted by atomic mass is 10.2. The van der Waals surface area contributed by atoms with E-state index in [1.165, 1.54) is 12.1 Å². The molecule has 0 aliphatic heterocycles. The summed E-state index contributed by atoms with van der Waals surface area (Å²) in [5.74, 6) is 0.160. The van der Waals surface area contributed by atoms with Crippen LogP contribution in [0.15, 0.2) is 23.1 Å². The van der Waals surface area contributed by atoms with Crippen LogP contribution in [0.4, 0.5) is 5.00 Å². The van der Waals surface area contributed by atoms with E-state index in [1.807, 2.05) is 6.92 Å². The topological polar surface area (TPSA) is 69.4 Å². The van der Waals surface area contributed by atoms with Gasteiger partial charge in [-0.25, -0.2) is 4.79 Å². The fraction of sp³-hybridized carbons (Fsp3) is 0.417. The molecule has 1 saturated carbocycles. The van der Waals surface area contributed by atoms with Gasteiger partial charge in [-0.15, -0.1) is 0 Å². The summed E-state index contributed by atoms with van der Waals surface area (Å²) in [4.78, 5) is 21.5. The number of allylic oxidation sites excluding steroid dienone is 1. The third-order valence-electron chi connectivity index (χ3n) is 2.77. The molecule has 1 aromatic rings. The minimum atomic E-state index is -0.451. The normalized spacial score (nSPS) is 15.5. The highest BCUT2D eigenvalue weighted by molar-refractivity contribution is 7.13. The molecule has 0 aromatic carbocycles. The van der Waals surface area contributed by atoms with Crippen molar-refractivity contribution in [3.8, 4) is 0 Å². The van der Waals surface area contributed by atoms with Crippen LogP contribution < -0.4 is 0 Å². The Morgan fingerprint density at radius 2 is 2.39 bits per heavy atom. The first-order chi connectivity index (χ1) is 8.56. The van der Waals surface area contributed by atoms with Crippen LogP contribution in [0.3, 0.4) is 0 Å². The van der Waals surface area contributed by atoms with Gasteiger partial charge in [0.15, 0.2) is 0 Å². The summed E-state index contributed by atoms with van der Waals surface area (Å²) in [5, 5.41) is 12.2. The largest absolute Gasteiger partial charge is 0.458 e. The molecule has 1 aromatic heterocycles. The molecule has 0 atom stereocenters. The highest BCUT2D eigenvalue weighted by atomic mass is 32.1. The molecule has 2 rings (SSSR count). The van der Waals surface area contributed by atoms with Gasteiger partial charge in [-0.1, -0.05) is 16.9 Å². The summed E-state index contributed by atoms with van der Waals surface area (Å²) in [6, 6.07) is 1.43. The molecule has 0 spiro atoms. The molecule has 0 bridgehead atoms. The summed E-state index contributed by atoms with van der Waals surface area (Å²) in [7, 11) is 0. The molecule has 1 aliphatic rings. The Labute approximate surface area is 108 Å². The predicted octanol–water partition coefficient (Wildman–Crippen LogP) is 3.06. The van der Waals surface area contributed by atoms with Crippen molar-refractivity contribution < 1.29 is 14.5 Å². The Hall–Kier alpha value is -1.69. The van der Waals surface area contributed by atoms with Gasteiger partial charge < -0.3 is 4.74 Å². The number of nitrogens with zero attached hydrogens (tertiary/aromatic N) is 1. The smallest absolute Gasteiger partial charge is 0.331 e. The molecule has 96 valence electrons. The van der Waals surface area contributed by atoms with Crippen LogP contribution in [0.25, 0.3) is 0 Å². The lowest BCUT2D eigenvalue weighted by Crippen LogP contribution is -2.01. The molecule has 1 heterocycles. The second kappa shape index (κ2) is 5.30. The number of thiophene rings is 1. The number of esters is 1. The molecule has 0 radical (unpaired) electrons. The van der Waals surface area contributed by atoms with Gasteiger partial charge in [-0.05, 0) is 25.7 Å². The molecule has 1 fully saturated rings. The zero-order chi connectivity index (χ0) is 13.1. The van der Waals surface area contributed by atoms with E-state index in [0.29, 0.717) is 11.5 Å². The molecule has 18 heavy (non-hydrogen) atoms. The van der Waals surface area contributed by atoms with Crippen molar-refractivity contribution in [3.63, 3.8) is 0 Å². The molecule has 6 heteroatoms. The number of ether oxygens (including phenoxy) is 1. The van der Waals surface area contributed by atoms with Gasteiger partial charge in [0.05, 0.1) is 4.92 Å². The molecular formula is C12H13NO4S. The average Bonchev–Trinajstić information content (AvgIpc) is 3.05. The SMILES string of the molecule is C/C(=C/C(=O)OCc1csc([N+](=O)[O-])c1)C1CC1. The fourth-order valence-electron chi connectivity index (χ4n) is 1.57. The standard InChI is InChI=1S/C12H13NO4S/c1-8(10-2-3-10)4-12(14)17-6-9-5-11(13(15)16)18-7-9/h4-5,7,10H,2-3,6H2,1H3/b8-4-. The fourth-order valence-corrected chi connectivity index (χ4v) is 2.29. The van der Waals surface area contributed by atoms with E-state index in [1.54, 1.807) is 5.38 Å². The van der Waals surface area contributed by atoms with Gasteiger partial charge in [-0.3, -0.25) is 10.1 Å². The van der Waals surface area contributed by atoms with Crippen LogP contribution in [0, 0.1) is 16.0 Å². The van der Waals surface area contributed by atoms with Crippen molar-refractivity contribution in [3.05, 3.63) is 38.8 Å². The lowest BCUT2D eigenvalue weighted by Gasteiger charge is -2.00. The van der Waals surface area contributed by atoms with Gasteiger partial charge in [0, 0.05) is 23.1 Å². The monoisotopic (exact) mass is 267 g/mol. The van der Waals surface area contributed by atoms with E-state index in [0.717, 1.165) is 29.8 Å². The maximum atomic E-state index is 11.5. The van der Waals surface area contributed by atoms with Crippen molar-refractivity contribution in [1.82, 2.24) is 0 Å². The third-order valence-corrected chi connectivity index (χ3v) is 3.70. The Bertz CT molecular complexity index is 502. The quantitative estimate of drug-likeness (QED) is 0.356. The second-order valence-corrected chi connectivity index (χ2v) is 5.21. The Morgan fingerprint density at radius 3 is 2.94 bits per heavy atom. The van der Waals surface area contributed by atoms with Gasteiger partial charge >= 0.3 is 11.0 Å². The second-order valence-electron chi connectivity index (χ2n) is 4.32. The lowest BCUT2D eigenvalue weighted by molar-refractivity contribution is -0.380. The van der Waals surface area contributed by atoms with Gasteiger partial charge in [0.2, 0.25) is 0 Å². The van der Waals surface area contributed by atoms with Gasteiger partial charge in [0.1, 0.15) is 6.61 Å². The molecule has 0 N–H and O–H groups in total. The molecule has 5 nitrogen and oxygen atoms in total. The van der Waals surface area contributed by atoms with Crippen LogP contribution in [0.1, 0.15) is 25.3 Å². The van der Waals surface area contributed by atoms with Gasteiger partial charge in [-0.2, -0.15) is 0 Å². The maximum Gasteiger partial charge on any atom is 0.331 e. The number of nitro groups is 1. The van der Waals surface area contributed by atoms with E-state index in [9.17, 15) is 14.9 Å². The summed E-state index contributed by atoms with van der Waals surface area (Å²) in [6.07, 6.45) is 3.80. The Balaban J connectivity index is 1.84. The van der Waals surface area contributed by atoms with E-state index in [-0.39, 0.29) is 17.6 Å². The summed E-state index contributed by atoms with van der Waals surface area (Å²) in [6.45, 7) is 2.01. The van der Waals surface area contributed by atoms with Crippen molar-refractivity contribution in [1.29, 1.82) is 0 Å². The molecule has 0 amide bonds. The molecule has 1 aliphatic carbocycles. The van der Waals surface area contributed by atoms with Crippen LogP contribution >= 0.6 is 11.3 Å². The Kier molecular flexibility index (Phi) is 3.76. The van der Waals surface area contributed by atoms with Gasteiger partial charge in [0.25, 0.3) is 0 Å². The molecule has 0 unspecified atom stereocenters. The van der Waals surface area contributed by atoms with Crippen LogP contribution in [0.5, 0.6) is 0 Å². The maximum absolute atomic E-state index is 11.5. The van der Waals surface area contributed by atoms with Crippen molar-refractivity contribution in [2.45, 2.75) is 26.4 Å². The number of hydrogen-bond donors (Lipinski definition) is 0. The van der Waals surface area contributed by atoms with Crippen LogP contribution in [-0.4, -0.2) is 10.9 Å². The van der Waals surface area contributed by atoms with E-state index in [2.05, 4.69) is 0 Å². The average molecular weight is 267 g/mol. The van der Waals surface area contributed by atoms with Crippen molar-refractivity contribution >= 4 is 22.3 Å². The van der Waals surface area contributed by atoms with E-state index >= 15 is 0 Å². The third kappa shape index (κ3) is 3.40. The zero-order valence-corrected chi connectivity index (χ0v) is 10.7. The predicted molar refractivity (Wildman–Crippen MR) is 67.3 cm³/mol. The summed E-state index contributed by atoms with van der Waals surface area (Å²) in [5.41, 5.74) is 1.70. The first kappa shape index (κ1) is 12.8. The number of hydrogen-bond acceptors (Lipinski definition) is 5. The molecule has 0 saturated heterocycles. The first-order valence-electron chi connectivity index (χ1n) is 5.63. The van der Waals surface area contributed by atoms with E-state index < -0.39 is 4.92 Å². The highest BCUT2D eigenvalue weighted by Gasteiger charge is 2.23. The summed E-state index contributed by atoms with van der Waals surface area (Å²) < 4.78 is 5.04. The highest BCUT2D eigenvalue weighted by Crippen LogP contribution is 2.35. The van der Waals surface area contributed by atoms with Crippen LogP contribution in [0.2, 0.25) is 0 Å². The Morgan fingerprint density at radius 1 is 1.67 bits per heavy atom. The number of carbonyl (C=O) groups excluding carboxylic acids is 1. The number of carbonyl (C=O) groups is 1. The summed E-state index contributed by atoms with van der Waals surface area (Å²) >= 11 is 1.03. The molecular weight excluding hydrogens is 254 g/mol.